The summed E-state index contributed by atoms with van der Waals surface area (Å²) >= 11 is 0. The molecule has 132 valence electrons. The van der Waals surface area contributed by atoms with E-state index in [-0.39, 0.29) is 24.1 Å². The van der Waals surface area contributed by atoms with Crippen molar-refractivity contribution in [3.8, 4) is 0 Å². The Labute approximate surface area is 144 Å². The van der Waals surface area contributed by atoms with Gasteiger partial charge in [-0.3, -0.25) is 9.52 Å². The van der Waals surface area contributed by atoms with Gasteiger partial charge in [0, 0.05) is 5.69 Å². The molecule has 0 aromatic heterocycles. The molecule has 0 saturated heterocycles. The van der Waals surface area contributed by atoms with Gasteiger partial charge in [0.15, 0.2) is 0 Å². The molecule has 0 heterocycles. The summed E-state index contributed by atoms with van der Waals surface area (Å²) < 4.78 is 25.7. The zero-order valence-corrected chi connectivity index (χ0v) is 15.6. The first-order chi connectivity index (χ1) is 10.1. The fourth-order valence-electron chi connectivity index (χ4n) is 1.95. The van der Waals surface area contributed by atoms with Crippen molar-refractivity contribution in [2.75, 3.05) is 15.8 Å². The number of rotatable bonds is 7. The minimum absolute atomic E-state index is 0. The molecule has 23 heavy (non-hydrogen) atoms. The average molecular weight is 364 g/mol. The van der Waals surface area contributed by atoms with Crippen LogP contribution in [-0.4, -0.2) is 26.1 Å². The smallest absolute Gasteiger partial charge is 0.241 e. The van der Waals surface area contributed by atoms with Gasteiger partial charge in [0.05, 0.1) is 17.5 Å². The van der Waals surface area contributed by atoms with Crippen LogP contribution in [0.15, 0.2) is 18.2 Å². The largest absolute Gasteiger partial charge is 0.325 e. The lowest BCUT2D eigenvalue weighted by Gasteiger charge is -2.15. The summed E-state index contributed by atoms with van der Waals surface area (Å²) in [4.78, 5) is 12.0. The van der Waals surface area contributed by atoms with Crippen molar-refractivity contribution >= 4 is 39.7 Å². The molecule has 0 aliphatic carbocycles. The molecule has 0 aliphatic heterocycles. The third-order valence-corrected chi connectivity index (χ3v) is 4.49. The summed E-state index contributed by atoms with van der Waals surface area (Å²) in [6.07, 6.45) is 0.610. The number of hydrogen-bond donors (Lipinski definition) is 3. The van der Waals surface area contributed by atoms with Crippen LogP contribution in [0, 0.1) is 12.8 Å². The Balaban J connectivity index is 0.00000484. The Bertz CT molecular complexity index is 633. The first-order valence-corrected chi connectivity index (χ1v) is 8.97. The van der Waals surface area contributed by atoms with Gasteiger partial charge in [-0.15, -0.1) is 12.4 Å². The number of nitrogens with one attached hydrogen (secondary N) is 2. The van der Waals surface area contributed by atoms with E-state index in [0.29, 0.717) is 23.7 Å². The maximum absolute atomic E-state index is 12.0. The summed E-state index contributed by atoms with van der Waals surface area (Å²) in [6.45, 7) is 7.36. The number of aryl methyl sites for hydroxylation is 1. The molecule has 0 unspecified atom stereocenters. The number of benzene rings is 1. The standard InChI is InChI=1S/C15H25N3O3S.ClH/c1-5-22(20,21)18-14-7-6-12(9-11(14)4)17-15(19)13(16)8-10(2)3;/h6-7,9-10,13,18H,5,8,16H2,1-4H3,(H,17,19);1H/t13-;/m0./s1. The van der Waals surface area contributed by atoms with Gasteiger partial charge in [0.25, 0.3) is 0 Å². The van der Waals surface area contributed by atoms with Crippen LogP contribution in [0.2, 0.25) is 0 Å². The van der Waals surface area contributed by atoms with E-state index in [9.17, 15) is 13.2 Å². The molecule has 0 saturated carbocycles. The number of sulfonamides is 1. The lowest BCUT2D eigenvalue weighted by Crippen LogP contribution is -2.36. The monoisotopic (exact) mass is 363 g/mol. The lowest BCUT2D eigenvalue weighted by molar-refractivity contribution is -0.117. The summed E-state index contributed by atoms with van der Waals surface area (Å²) in [5, 5.41) is 2.75. The van der Waals surface area contributed by atoms with Gasteiger partial charge in [-0.25, -0.2) is 8.42 Å². The SMILES string of the molecule is CCS(=O)(=O)Nc1ccc(NC(=O)[C@@H](N)CC(C)C)cc1C.Cl. The second kappa shape index (κ2) is 9.10. The highest BCUT2D eigenvalue weighted by molar-refractivity contribution is 7.92. The Kier molecular flexibility index (Phi) is 8.58. The molecular weight excluding hydrogens is 338 g/mol. The molecule has 8 heteroatoms. The number of carbonyl (C=O) groups is 1. The maximum Gasteiger partial charge on any atom is 0.241 e. The number of halogens is 1. The van der Waals surface area contributed by atoms with Gasteiger partial charge >= 0.3 is 0 Å². The molecule has 1 aromatic carbocycles. The van der Waals surface area contributed by atoms with Crippen molar-refractivity contribution in [3.05, 3.63) is 23.8 Å². The van der Waals surface area contributed by atoms with Crippen LogP contribution in [-0.2, 0) is 14.8 Å². The highest BCUT2D eigenvalue weighted by Crippen LogP contribution is 2.21. The Morgan fingerprint density at radius 3 is 2.39 bits per heavy atom. The van der Waals surface area contributed by atoms with Crippen LogP contribution in [0.1, 0.15) is 32.8 Å². The van der Waals surface area contributed by atoms with E-state index in [1.165, 1.54) is 0 Å². The van der Waals surface area contributed by atoms with Crippen molar-refractivity contribution < 1.29 is 13.2 Å². The van der Waals surface area contributed by atoms with E-state index < -0.39 is 16.1 Å². The van der Waals surface area contributed by atoms with E-state index in [0.717, 1.165) is 5.56 Å². The minimum atomic E-state index is -3.32. The predicted molar refractivity (Wildman–Crippen MR) is 97.6 cm³/mol. The van der Waals surface area contributed by atoms with Crippen LogP contribution < -0.4 is 15.8 Å². The van der Waals surface area contributed by atoms with Crippen molar-refractivity contribution in [2.45, 2.75) is 40.2 Å². The zero-order valence-electron chi connectivity index (χ0n) is 13.9. The van der Waals surface area contributed by atoms with E-state index in [1.54, 1.807) is 32.0 Å². The molecule has 4 N–H and O–H groups in total. The highest BCUT2D eigenvalue weighted by Gasteiger charge is 2.15. The molecular formula is C15H26ClN3O3S. The lowest BCUT2D eigenvalue weighted by atomic mass is 10.0. The van der Waals surface area contributed by atoms with Crippen molar-refractivity contribution in [1.29, 1.82) is 0 Å². The summed E-state index contributed by atoms with van der Waals surface area (Å²) in [5.41, 5.74) is 7.66. The van der Waals surface area contributed by atoms with Crippen molar-refractivity contribution in [1.82, 2.24) is 0 Å². The molecule has 0 aliphatic rings. The van der Waals surface area contributed by atoms with E-state index in [4.69, 9.17) is 5.73 Å². The van der Waals surface area contributed by atoms with Crippen LogP contribution in [0.4, 0.5) is 11.4 Å². The van der Waals surface area contributed by atoms with Crippen molar-refractivity contribution in [3.63, 3.8) is 0 Å². The molecule has 1 amide bonds. The van der Waals surface area contributed by atoms with Crippen LogP contribution >= 0.6 is 12.4 Å². The van der Waals surface area contributed by atoms with Gasteiger partial charge in [0.1, 0.15) is 0 Å². The van der Waals surface area contributed by atoms with Crippen LogP contribution in [0.3, 0.4) is 0 Å². The van der Waals surface area contributed by atoms with E-state index in [1.807, 2.05) is 13.8 Å². The first kappa shape index (κ1) is 21.7. The zero-order chi connectivity index (χ0) is 16.9. The second-order valence-corrected chi connectivity index (χ2v) is 7.77. The molecule has 1 aromatic rings. The van der Waals surface area contributed by atoms with Gasteiger partial charge in [0.2, 0.25) is 15.9 Å². The molecule has 1 atom stereocenters. The Hall–Kier alpha value is -1.31. The molecule has 6 nitrogen and oxygen atoms in total. The average Bonchev–Trinajstić information content (AvgIpc) is 2.41. The van der Waals surface area contributed by atoms with Gasteiger partial charge in [-0.05, 0) is 49.9 Å². The van der Waals surface area contributed by atoms with Crippen molar-refractivity contribution in [2.24, 2.45) is 11.7 Å². The highest BCUT2D eigenvalue weighted by atomic mass is 35.5. The van der Waals surface area contributed by atoms with Crippen LogP contribution in [0.5, 0.6) is 0 Å². The second-order valence-electron chi connectivity index (χ2n) is 5.76. The van der Waals surface area contributed by atoms with E-state index >= 15 is 0 Å². The number of amides is 1. The third kappa shape index (κ3) is 7.20. The molecule has 0 fully saturated rings. The normalized spacial score (nSPS) is 12.4. The minimum Gasteiger partial charge on any atom is -0.325 e. The van der Waals surface area contributed by atoms with Crippen LogP contribution in [0.25, 0.3) is 0 Å². The summed E-state index contributed by atoms with van der Waals surface area (Å²) in [5.74, 6) is 0.109. The third-order valence-electron chi connectivity index (χ3n) is 3.20. The Morgan fingerprint density at radius 2 is 1.91 bits per heavy atom. The number of hydrogen-bond acceptors (Lipinski definition) is 4. The summed E-state index contributed by atoms with van der Waals surface area (Å²) in [6, 6.07) is 4.44. The first-order valence-electron chi connectivity index (χ1n) is 7.32. The topological polar surface area (TPSA) is 101 Å². The van der Waals surface area contributed by atoms with Gasteiger partial charge in [-0.2, -0.15) is 0 Å². The van der Waals surface area contributed by atoms with Gasteiger partial charge in [-0.1, -0.05) is 13.8 Å². The number of anilines is 2. The fraction of sp³-hybridized carbons (Fsp3) is 0.533. The quantitative estimate of drug-likeness (QED) is 0.692. The summed E-state index contributed by atoms with van der Waals surface area (Å²) in [7, 11) is -3.32. The van der Waals surface area contributed by atoms with E-state index in [2.05, 4.69) is 10.0 Å². The fourth-order valence-corrected chi connectivity index (χ4v) is 2.65. The molecule has 0 radical (unpaired) electrons. The molecule has 1 rings (SSSR count). The number of carbonyl (C=O) groups excluding carboxylic acids is 1. The Morgan fingerprint density at radius 1 is 1.30 bits per heavy atom. The molecule has 0 spiro atoms. The van der Waals surface area contributed by atoms with Gasteiger partial charge < -0.3 is 11.1 Å². The molecule has 0 bridgehead atoms. The predicted octanol–water partition coefficient (Wildman–Crippen LogP) is 2.49. The number of nitrogens with two attached hydrogens (primary N) is 1. The maximum atomic E-state index is 12.0.